The number of methoxy groups -OCH3 is 6. The van der Waals surface area contributed by atoms with Crippen LogP contribution in [0.25, 0.3) is 22.5 Å². The van der Waals surface area contributed by atoms with Crippen LogP contribution in [-0.4, -0.2) is 52.2 Å². The highest BCUT2D eigenvalue weighted by molar-refractivity contribution is 5.83. The molecule has 0 unspecified atom stereocenters. The maximum absolute atomic E-state index is 5.60. The van der Waals surface area contributed by atoms with E-state index >= 15 is 0 Å². The topological polar surface area (TPSA) is 73.2 Å². The molecule has 0 aliphatic rings. The lowest BCUT2D eigenvalue weighted by Crippen LogP contribution is -2.02. The third-order valence-corrected chi connectivity index (χ3v) is 5.47. The summed E-state index contributed by atoms with van der Waals surface area (Å²) in [5.74, 6) is 3.34. The molecule has 0 atom stereocenters. The summed E-state index contributed by atoms with van der Waals surface area (Å²) in [5, 5.41) is 0. The minimum Gasteiger partial charge on any atom is -0.493 e. The summed E-state index contributed by atoms with van der Waals surface area (Å²) in [6.07, 6.45) is 3.93. The maximum atomic E-state index is 5.60. The fourth-order valence-corrected chi connectivity index (χ4v) is 3.83. The lowest BCUT2D eigenvalue weighted by Gasteiger charge is -2.17. The molecule has 0 fully saturated rings. The maximum Gasteiger partial charge on any atom is 0.203 e. The number of aryl methyl sites for hydroxylation is 1. The standard InChI is InChI=1S/C25H32N2O6/c1-8-9-10-27-15-26-22(16-11-18(28-2)24(32-6)19(12-16)29-3)23(27)17-13-20(30-4)25(33-7)21(14-17)31-5/h11-15H,8-10H2,1-7H3. The van der Waals surface area contributed by atoms with Gasteiger partial charge in [0.25, 0.3) is 0 Å². The molecular weight excluding hydrogens is 424 g/mol. The van der Waals surface area contributed by atoms with Gasteiger partial charge in [-0.15, -0.1) is 0 Å². The van der Waals surface area contributed by atoms with Gasteiger partial charge in [-0.05, 0) is 30.7 Å². The predicted molar refractivity (Wildman–Crippen MR) is 127 cm³/mol. The first-order chi connectivity index (χ1) is 16.1. The van der Waals surface area contributed by atoms with Crippen molar-refractivity contribution in [1.29, 1.82) is 0 Å². The van der Waals surface area contributed by atoms with E-state index in [1.807, 2.05) is 30.6 Å². The van der Waals surface area contributed by atoms with Gasteiger partial charge in [0.1, 0.15) is 0 Å². The largest absolute Gasteiger partial charge is 0.493 e. The summed E-state index contributed by atoms with van der Waals surface area (Å²) in [6.45, 7) is 2.98. The van der Waals surface area contributed by atoms with Gasteiger partial charge < -0.3 is 33.0 Å². The number of hydrogen-bond donors (Lipinski definition) is 0. The van der Waals surface area contributed by atoms with E-state index in [0.717, 1.165) is 41.9 Å². The van der Waals surface area contributed by atoms with E-state index in [2.05, 4.69) is 11.5 Å². The molecule has 0 N–H and O–H groups in total. The Morgan fingerprint density at radius 2 is 1.12 bits per heavy atom. The third kappa shape index (κ3) is 4.65. The molecule has 0 saturated carbocycles. The lowest BCUT2D eigenvalue weighted by atomic mass is 10.0. The summed E-state index contributed by atoms with van der Waals surface area (Å²) in [4.78, 5) is 4.77. The highest BCUT2D eigenvalue weighted by atomic mass is 16.5. The summed E-state index contributed by atoms with van der Waals surface area (Å²) in [6, 6.07) is 7.66. The average molecular weight is 457 g/mol. The molecule has 33 heavy (non-hydrogen) atoms. The molecule has 1 aromatic heterocycles. The molecule has 0 bridgehead atoms. The summed E-state index contributed by atoms with van der Waals surface area (Å²) < 4.78 is 35.5. The van der Waals surface area contributed by atoms with Gasteiger partial charge in [0, 0.05) is 17.7 Å². The van der Waals surface area contributed by atoms with Gasteiger partial charge in [-0.3, -0.25) is 0 Å². The summed E-state index contributed by atoms with van der Waals surface area (Å²) in [5.41, 5.74) is 3.43. The molecule has 178 valence electrons. The SMILES string of the molecule is CCCCn1cnc(-c2cc(OC)c(OC)c(OC)c2)c1-c1cc(OC)c(OC)c(OC)c1. The first kappa shape index (κ1) is 24.1. The van der Waals surface area contributed by atoms with E-state index in [0.29, 0.717) is 34.5 Å². The Bertz CT molecular complexity index is 1040. The van der Waals surface area contributed by atoms with Crippen molar-refractivity contribution in [3.63, 3.8) is 0 Å². The van der Waals surface area contributed by atoms with Crippen LogP contribution >= 0.6 is 0 Å². The summed E-state index contributed by atoms with van der Waals surface area (Å²) in [7, 11) is 9.58. The Kier molecular flexibility index (Phi) is 7.92. The van der Waals surface area contributed by atoms with Crippen LogP contribution in [-0.2, 0) is 6.54 Å². The van der Waals surface area contributed by atoms with Crippen molar-refractivity contribution < 1.29 is 28.4 Å². The fourth-order valence-electron chi connectivity index (χ4n) is 3.83. The predicted octanol–water partition coefficient (Wildman–Crippen LogP) is 5.07. The van der Waals surface area contributed by atoms with E-state index in [-0.39, 0.29) is 0 Å². The second-order valence-electron chi connectivity index (χ2n) is 7.32. The Morgan fingerprint density at radius 3 is 1.52 bits per heavy atom. The molecule has 2 aromatic carbocycles. The van der Waals surface area contributed by atoms with E-state index in [1.165, 1.54) is 0 Å². The fraction of sp³-hybridized carbons (Fsp3) is 0.400. The zero-order chi connectivity index (χ0) is 24.0. The first-order valence-electron chi connectivity index (χ1n) is 10.7. The Morgan fingerprint density at radius 1 is 0.667 bits per heavy atom. The van der Waals surface area contributed by atoms with E-state index in [4.69, 9.17) is 33.4 Å². The second-order valence-corrected chi connectivity index (χ2v) is 7.32. The molecule has 0 saturated heterocycles. The van der Waals surface area contributed by atoms with Crippen molar-refractivity contribution in [3.05, 3.63) is 30.6 Å². The van der Waals surface area contributed by atoms with Crippen molar-refractivity contribution in [1.82, 2.24) is 9.55 Å². The molecule has 0 aliphatic carbocycles. The van der Waals surface area contributed by atoms with Crippen LogP contribution in [0.2, 0.25) is 0 Å². The quantitative estimate of drug-likeness (QED) is 0.399. The van der Waals surface area contributed by atoms with Gasteiger partial charge in [0.05, 0.1) is 60.4 Å². The molecule has 3 rings (SSSR count). The van der Waals surface area contributed by atoms with Gasteiger partial charge >= 0.3 is 0 Å². The van der Waals surface area contributed by atoms with Crippen LogP contribution in [0.15, 0.2) is 30.6 Å². The molecule has 3 aromatic rings. The lowest BCUT2D eigenvalue weighted by molar-refractivity contribution is 0.324. The smallest absolute Gasteiger partial charge is 0.203 e. The van der Waals surface area contributed by atoms with E-state index in [1.54, 1.807) is 42.7 Å². The third-order valence-electron chi connectivity index (χ3n) is 5.47. The molecule has 0 amide bonds. The number of unbranched alkanes of at least 4 members (excludes halogenated alkanes) is 1. The number of rotatable bonds is 11. The second kappa shape index (κ2) is 10.8. The van der Waals surface area contributed by atoms with Crippen LogP contribution in [0.1, 0.15) is 19.8 Å². The van der Waals surface area contributed by atoms with Gasteiger partial charge in [-0.1, -0.05) is 13.3 Å². The zero-order valence-corrected chi connectivity index (χ0v) is 20.4. The van der Waals surface area contributed by atoms with Crippen LogP contribution in [0.3, 0.4) is 0 Å². The molecular formula is C25H32N2O6. The zero-order valence-electron chi connectivity index (χ0n) is 20.4. The number of imidazole rings is 1. The number of hydrogen-bond acceptors (Lipinski definition) is 7. The first-order valence-corrected chi connectivity index (χ1v) is 10.7. The number of nitrogens with zero attached hydrogens (tertiary/aromatic N) is 2. The van der Waals surface area contributed by atoms with Crippen LogP contribution in [0.4, 0.5) is 0 Å². The van der Waals surface area contributed by atoms with Crippen LogP contribution < -0.4 is 28.4 Å². The Balaban J connectivity index is 2.29. The average Bonchev–Trinajstić information content (AvgIpc) is 3.29. The van der Waals surface area contributed by atoms with Gasteiger partial charge in [-0.25, -0.2) is 4.98 Å². The van der Waals surface area contributed by atoms with Crippen LogP contribution in [0.5, 0.6) is 34.5 Å². The minimum atomic E-state index is 0.531. The molecule has 8 heteroatoms. The monoisotopic (exact) mass is 456 g/mol. The summed E-state index contributed by atoms with van der Waals surface area (Å²) >= 11 is 0. The minimum absolute atomic E-state index is 0.531. The Labute approximate surface area is 195 Å². The van der Waals surface area contributed by atoms with Crippen molar-refractivity contribution in [3.8, 4) is 57.0 Å². The van der Waals surface area contributed by atoms with Crippen molar-refractivity contribution in [2.75, 3.05) is 42.7 Å². The highest BCUT2D eigenvalue weighted by Crippen LogP contribution is 2.46. The van der Waals surface area contributed by atoms with Gasteiger partial charge in [0.15, 0.2) is 23.0 Å². The Hall–Kier alpha value is -3.55. The molecule has 0 aliphatic heterocycles. The van der Waals surface area contributed by atoms with Crippen LogP contribution in [0, 0.1) is 0 Å². The molecule has 0 radical (unpaired) electrons. The van der Waals surface area contributed by atoms with E-state index in [9.17, 15) is 0 Å². The van der Waals surface area contributed by atoms with Crippen molar-refractivity contribution in [2.24, 2.45) is 0 Å². The van der Waals surface area contributed by atoms with Gasteiger partial charge in [0.2, 0.25) is 11.5 Å². The van der Waals surface area contributed by atoms with Crippen molar-refractivity contribution in [2.45, 2.75) is 26.3 Å². The number of benzene rings is 2. The van der Waals surface area contributed by atoms with Gasteiger partial charge in [-0.2, -0.15) is 0 Å². The molecule has 1 heterocycles. The molecule has 8 nitrogen and oxygen atoms in total. The normalized spacial score (nSPS) is 10.6. The van der Waals surface area contributed by atoms with Crippen molar-refractivity contribution >= 4 is 0 Å². The number of ether oxygens (including phenoxy) is 6. The molecule has 0 spiro atoms. The van der Waals surface area contributed by atoms with E-state index < -0.39 is 0 Å². The highest BCUT2D eigenvalue weighted by Gasteiger charge is 2.22. The number of aromatic nitrogens is 2.